The average molecular weight is 404 g/mol. The number of carbonyl (C=O) groups is 2. The fourth-order valence-corrected chi connectivity index (χ4v) is 3.79. The van der Waals surface area contributed by atoms with Crippen molar-refractivity contribution in [2.75, 3.05) is 59.0 Å². The van der Waals surface area contributed by atoms with Crippen LogP contribution < -0.4 is 9.47 Å². The van der Waals surface area contributed by atoms with Gasteiger partial charge >= 0.3 is 0 Å². The van der Waals surface area contributed by atoms with E-state index in [1.54, 1.807) is 12.1 Å². The Kier molecular flexibility index (Phi) is 7.75. The SMILES string of the molecule is CCCOc1ccc(C(=O)N2CCN(CC(=O)N3CCCC3)CC2)cc1OCC. The summed E-state index contributed by atoms with van der Waals surface area (Å²) in [5, 5.41) is 0. The van der Waals surface area contributed by atoms with Gasteiger partial charge in [0.25, 0.3) is 5.91 Å². The molecule has 0 spiro atoms. The summed E-state index contributed by atoms with van der Waals surface area (Å²) in [6.07, 6.45) is 3.14. The standard InChI is InChI=1S/C22H33N3O4/c1-3-15-29-19-8-7-18(16-20(19)28-4-2)22(27)25-13-11-23(12-14-25)17-21(26)24-9-5-6-10-24/h7-8,16H,3-6,9-15,17H2,1-2H3. The maximum absolute atomic E-state index is 13.0. The van der Waals surface area contributed by atoms with Gasteiger partial charge in [0.2, 0.25) is 5.91 Å². The molecule has 0 N–H and O–H groups in total. The van der Waals surface area contributed by atoms with Gasteiger partial charge in [-0.2, -0.15) is 0 Å². The third kappa shape index (κ3) is 5.63. The molecule has 2 aliphatic heterocycles. The third-order valence-electron chi connectivity index (χ3n) is 5.43. The summed E-state index contributed by atoms with van der Waals surface area (Å²) in [6, 6.07) is 5.40. The predicted octanol–water partition coefficient (Wildman–Crippen LogP) is 2.25. The Hall–Kier alpha value is -2.28. The Bertz CT molecular complexity index is 695. The van der Waals surface area contributed by atoms with E-state index in [1.807, 2.05) is 22.8 Å². The van der Waals surface area contributed by atoms with Crippen molar-refractivity contribution in [1.82, 2.24) is 14.7 Å². The number of rotatable bonds is 8. The topological polar surface area (TPSA) is 62.3 Å². The van der Waals surface area contributed by atoms with Gasteiger partial charge in [-0.05, 0) is 44.4 Å². The lowest BCUT2D eigenvalue weighted by atomic mass is 10.1. The lowest BCUT2D eigenvalue weighted by Gasteiger charge is -2.35. The molecule has 0 aliphatic carbocycles. The average Bonchev–Trinajstić information content (AvgIpc) is 3.28. The highest BCUT2D eigenvalue weighted by Crippen LogP contribution is 2.29. The van der Waals surface area contributed by atoms with E-state index in [-0.39, 0.29) is 11.8 Å². The number of piperazine rings is 1. The van der Waals surface area contributed by atoms with Crippen molar-refractivity contribution < 1.29 is 19.1 Å². The zero-order chi connectivity index (χ0) is 20.6. The minimum atomic E-state index is -0.00138. The molecule has 2 saturated heterocycles. The summed E-state index contributed by atoms with van der Waals surface area (Å²) in [7, 11) is 0. The van der Waals surface area contributed by atoms with Crippen LogP contribution in [-0.4, -0.2) is 85.5 Å². The molecule has 0 saturated carbocycles. The summed E-state index contributed by atoms with van der Waals surface area (Å²) >= 11 is 0. The van der Waals surface area contributed by atoms with E-state index in [4.69, 9.17) is 9.47 Å². The number of hydrogen-bond acceptors (Lipinski definition) is 5. The molecule has 0 aromatic heterocycles. The predicted molar refractivity (Wildman–Crippen MR) is 112 cm³/mol. The van der Waals surface area contributed by atoms with E-state index < -0.39 is 0 Å². The number of amides is 2. The van der Waals surface area contributed by atoms with Crippen LogP contribution >= 0.6 is 0 Å². The minimum absolute atomic E-state index is 0.00138. The molecule has 2 amide bonds. The number of carbonyl (C=O) groups excluding carboxylic acids is 2. The van der Waals surface area contributed by atoms with Crippen molar-refractivity contribution in [2.24, 2.45) is 0 Å². The smallest absolute Gasteiger partial charge is 0.254 e. The number of nitrogens with zero attached hydrogens (tertiary/aromatic N) is 3. The summed E-state index contributed by atoms with van der Waals surface area (Å²) in [4.78, 5) is 31.2. The van der Waals surface area contributed by atoms with Crippen molar-refractivity contribution in [2.45, 2.75) is 33.1 Å². The second-order valence-corrected chi connectivity index (χ2v) is 7.60. The van der Waals surface area contributed by atoms with Gasteiger partial charge in [0.1, 0.15) is 0 Å². The molecule has 0 bridgehead atoms. The van der Waals surface area contributed by atoms with Crippen LogP contribution in [0.1, 0.15) is 43.5 Å². The number of ether oxygens (including phenoxy) is 2. The molecule has 0 unspecified atom stereocenters. The molecule has 7 heteroatoms. The van der Waals surface area contributed by atoms with Crippen LogP contribution in [0.2, 0.25) is 0 Å². The Morgan fingerprint density at radius 1 is 0.897 bits per heavy atom. The van der Waals surface area contributed by atoms with Gasteiger partial charge in [-0.3, -0.25) is 14.5 Å². The van der Waals surface area contributed by atoms with E-state index in [0.717, 1.165) is 45.4 Å². The van der Waals surface area contributed by atoms with Crippen LogP contribution in [0.4, 0.5) is 0 Å². The second-order valence-electron chi connectivity index (χ2n) is 7.60. The van der Waals surface area contributed by atoms with Crippen LogP contribution in [0, 0.1) is 0 Å². The fraction of sp³-hybridized carbons (Fsp3) is 0.636. The first-order valence-electron chi connectivity index (χ1n) is 10.8. The Balaban J connectivity index is 1.55. The van der Waals surface area contributed by atoms with Crippen molar-refractivity contribution in [3.8, 4) is 11.5 Å². The van der Waals surface area contributed by atoms with Gasteiger partial charge < -0.3 is 19.3 Å². The number of likely N-dealkylation sites (tertiary alicyclic amines) is 1. The zero-order valence-corrected chi connectivity index (χ0v) is 17.7. The van der Waals surface area contributed by atoms with Crippen molar-refractivity contribution in [3.63, 3.8) is 0 Å². The first kappa shape index (κ1) is 21.4. The van der Waals surface area contributed by atoms with Gasteiger partial charge in [0, 0.05) is 44.8 Å². The normalized spacial score (nSPS) is 17.4. The lowest BCUT2D eigenvalue weighted by molar-refractivity contribution is -0.131. The van der Waals surface area contributed by atoms with Crippen LogP contribution in [-0.2, 0) is 4.79 Å². The third-order valence-corrected chi connectivity index (χ3v) is 5.43. The highest BCUT2D eigenvalue weighted by atomic mass is 16.5. The molecule has 2 fully saturated rings. The quantitative estimate of drug-likeness (QED) is 0.666. The molecule has 1 aromatic carbocycles. The number of hydrogen-bond donors (Lipinski definition) is 0. The fourth-order valence-electron chi connectivity index (χ4n) is 3.79. The van der Waals surface area contributed by atoms with Gasteiger partial charge in [-0.15, -0.1) is 0 Å². The van der Waals surface area contributed by atoms with Crippen molar-refractivity contribution in [3.05, 3.63) is 23.8 Å². The Morgan fingerprint density at radius 3 is 2.28 bits per heavy atom. The van der Waals surface area contributed by atoms with Crippen molar-refractivity contribution in [1.29, 1.82) is 0 Å². The summed E-state index contributed by atoms with van der Waals surface area (Å²) in [5.41, 5.74) is 0.610. The first-order valence-corrected chi connectivity index (χ1v) is 10.8. The first-order chi connectivity index (χ1) is 14.1. The van der Waals surface area contributed by atoms with E-state index in [9.17, 15) is 9.59 Å². The maximum Gasteiger partial charge on any atom is 0.254 e. The largest absolute Gasteiger partial charge is 0.490 e. The lowest BCUT2D eigenvalue weighted by Crippen LogP contribution is -2.51. The van der Waals surface area contributed by atoms with E-state index in [1.165, 1.54) is 0 Å². The molecule has 7 nitrogen and oxygen atoms in total. The minimum Gasteiger partial charge on any atom is -0.490 e. The molecule has 2 aliphatic rings. The van der Waals surface area contributed by atoms with Crippen LogP contribution in [0.15, 0.2) is 18.2 Å². The van der Waals surface area contributed by atoms with Crippen LogP contribution in [0.5, 0.6) is 11.5 Å². The second kappa shape index (κ2) is 10.5. The summed E-state index contributed by atoms with van der Waals surface area (Å²) < 4.78 is 11.4. The molecular formula is C22H33N3O4. The van der Waals surface area contributed by atoms with E-state index in [0.29, 0.717) is 49.9 Å². The molecule has 1 aromatic rings. The van der Waals surface area contributed by atoms with Crippen LogP contribution in [0.25, 0.3) is 0 Å². The Labute approximate surface area is 173 Å². The number of benzene rings is 1. The molecule has 0 atom stereocenters. The molecule has 2 heterocycles. The maximum atomic E-state index is 13.0. The zero-order valence-electron chi connectivity index (χ0n) is 17.7. The van der Waals surface area contributed by atoms with Crippen molar-refractivity contribution >= 4 is 11.8 Å². The molecule has 29 heavy (non-hydrogen) atoms. The van der Waals surface area contributed by atoms with E-state index >= 15 is 0 Å². The molecule has 3 rings (SSSR count). The highest BCUT2D eigenvalue weighted by molar-refractivity contribution is 5.95. The Morgan fingerprint density at radius 2 is 1.62 bits per heavy atom. The van der Waals surface area contributed by atoms with Gasteiger partial charge in [-0.1, -0.05) is 6.92 Å². The molecule has 0 radical (unpaired) electrons. The van der Waals surface area contributed by atoms with E-state index in [2.05, 4.69) is 11.8 Å². The van der Waals surface area contributed by atoms with Gasteiger partial charge in [-0.25, -0.2) is 0 Å². The molecular weight excluding hydrogens is 370 g/mol. The van der Waals surface area contributed by atoms with Gasteiger partial charge in [0.15, 0.2) is 11.5 Å². The highest BCUT2D eigenvalue weighted by Gasteiger charge is 2.26. The van der Waals surface area contributed by atoms with Crippen LogP contribution in [0.3, 0.4) is 0 Å². The molecule has 160 valence electrons. The summed E-state index contributed by atoms with van der Waals surface area (Å²) in [5.74, 6) is 1.50. The monoisotopic (exact) mass is 403 g/mol. The van der Waals surface area contributed by atoms with Gasteiger partial charge in [0.05, 0.1) is 19.8 Å². The summed E-state index contributed by atoms with van der Waals surface area (Å²) in [6.45, 7) is 10.0.